The Hall–Kier alpha value is -1.73. The van der Waals surface area contributed by atoms with Gasteiger partial charge in [0.2, 0.25) is 5.91 Å². The van der Waals surface area contributed by atoms with E-state index in [-0.39, 0.29) is 17.2 Å². The van der Waals surface area contributed by atoms with Crippen molar-refractivity contribution < 1.29 is 4.79 Å². The van der Waals surface area contributed by atoms with E-state index in [9.17, 15) is 4.79 Å². The fraction of sp³-hybridized carbons (Fsp3) is 0.611. The molecule has 4 heterocycles. The molecule has 2 aliphatic heterocycles. The van der Waals surface area contributed by atoms with Crippen molar-refractivity contribution in [2.24, 2.45) is 5.41 Å². The average molecular weight is 359 g/mol. The molecule has 1 spiro atoms. The maximum atomic E-state index is 13.3. The van der Waals surface area contributed by atoms with E-state index in [0.717, 1.165) is 42.5 Å². The van der Waals surface area contributed by atoms with Gasteiger partial charge in [-0.3, -0.25) is 4.79 Å². The van der Waals surface area contributed by atoms with E-state index >= 15 is 0 Å². The average Bonchev–Trinajstić information content (AvgIpc) is 3.33. The number of likely N-dealkylation sites (tertiary alicyclic amines) is 1. The minimum atomic E-state index is -0.346. The van der Waals surface area contributed by atoms with E-state index in [2.05, 4.69) is 45.3 Å². The first kappa shape index (κ1) is 16.7. The van der Waals surface area contributed by atoms with E-state index in [1.165, 1.54) is 0 Å². The van der Waals surface area contributed by atoms with Gasteiger partial charge in [0.05, 0.1) is 34.7 Å². The minimum Gasteiger partial charge on any atom is -0.336 e. The molecule has 0 bridgehead atoms. The molecule has 2 saturated heterocycles. The molecule has 1 N–H and O–H groups in total. The first-order chi connectivity index (χ1) is 12.0. The number of aromatic nitrogens is 3. The van der Waals surface area contributed by atoms with Crippen LogP contribution in [0.25, 0.3) is 0 Å². The highest BCUT2D eigenvalue weighted by atomic mass is 32.1. The summed E-state index contributed by atoms with van der Waals surface area (Å²) in [6.45, 7) is 9.29. The zero-order valence-corrected chi connectivity index (χ0v) is 15.8. The number of imidazole rings is 1. The lowest BCUT2D eigenvalue weighted by atomic mass is 9.75. The lowest BCUT2D eigenvalue weighted by Crippen LogP contribution is -2.39. The Labute approximate surface area is 152 Å². The largest absolute Gasteiger partial charge is 0.336 e. The van der Waals surface area contributed by atoms with Gasteiger partial charge < -0.3 is 14.8 Å². The van der Waals surface area contributed by atoms with Gasteiger partial charge in [0.15, 0.2) is 0 Å². The Morgan fingerprint density at radius 2 is 2.32 bits per heavy atom. The second kappa shape index (κ2) is 6.21. The normalized spacial score (nSPS) is 26.5. The van der Waals surface area contributed by atoms with Crippen molar-refractivity contribution in [3.8, 4) is 0 Å². The number of hydrogen-bond donors (Lipinski definition) is 1. The van der Waals surface area contributed by atoms with Crippen molar-refractivity contribution in [1.29, 1.82) is 0 Å². The Morgan fingerprint density at radius 3 is 3.00 bits per heavy atom. The summed E-state index contributed by atoms with van der Waals surface area (Å²) in [5.74, 6) is 0.412. The zero-order valence-electron chi connectivity index (χ0n) is 15.0. The number of nitrogens with one attached hydrogen (secondary N) is 1. The number of thiazole rings is 1. The molecule has 1 amide bonds. The first-order valence-electron chi connectivity index (χ1n) is 8.94. The summed E-state index contributed by atoms with van der Waals surface area (Å²) in [7, 11) is 0. The van der Waals surface area contributed by atoms with E-state index in [1.807, 2.05) is 18.2 Å². The summed E-state index contributed by atoms with van der Waals surface area (Å²) in [4.78, 5) is 24.4. The molecule has 0 aliphatic carbocycles. The summed E-state index contributed by atoms with van der Waals surface area (Å²) in [6.07, 6.45) is 4.90. The molecule has 2 fully saturated rings. The number of aryl methyl sites for hydroxylation is 1. The maximum Gasteiger partial charge on any atom is 0.231 e. The van der Waals surface area contributed by atoms with E-state index in [4.69, 9.17) is 0 Å². The molecular formula is C18H25N5OS. The lowest BCUT2D eigenvalue weighted by molar-refractivity contribution is -0.136. The Kier molecular flexibility index (Phi) is 4.16. The maximum absolute atomic E-state index is 13.3. The van der Waals surface area contributed by atoms with Crippen molar-refractivity contribution in [3.05, 3.63) is 34.3 Å². The molecule has 2 aromatic rings. The van der Waals surface area contributed by atoms with Gasteiger partial charge in [0, 0.05) is 43.2 Å². The number of hydrogen-bond acceptors (Lipinski definition) is 5. The van der Waals surface area contributed by atoms with Gasteiger partial charge in [0.25, 0.3) is 0 Å². The summed E-state index contributed by atoms with van der Waals surface area (Å²) in [5, 5.41) is 6.56. The third-order valence-corrected chi connectivity index (χ3v) is 6.41. The fourth-order valence-corrected chi connectivity index (χ4v) is 4.74. The van der Waals surface area contributed by atoms with Crippen LogP contribution in [-0.2, 0) is 11.3 Å². The number of rotatable bonds is 4. The van der Waals surface area contributed by atoms with Crippen LogP contribution in [0.15, 0.2) is 17.9 Å². The predicted molar refractivity (Wildman–Crippen MR) is 97.5 cm³/mol. The monoisotopic (exact) mass is 359 g/mol. The summed E-state index contributed by atoms with van der Waals surface area (Å²) < 4.78 is 2.12. The van der Waals surface area contributed by atoms with Crippen LogP contribution in [0.1, 0.15) is 48.6 Å². The molecule has 0 saturated carbocycles. The van der Waals surface area contributed by atoms with E-state index in [0.29, 0.717) is 12.6 Å². The summed E-state index contributed by atoms with van der Waals surface area (Å²) in [6, 6.07) is 0.384. The SMILES string of the molecule is Cc1nc(CN2CCC3(CNCC3c3cn(C(C)C)cn3)C2=O)cs1. The summed E-state index contributed by atoms with van der Waals surface area (Å²) in [5.41, 5.74) is 1.69. The predicted octanol–water partition coefficient (Wildman–Crippen LogP) is 2.33. The lowest BCUT2D eigenvalue weighted by Gasteiger charge is -2.27. The topological polar surface area (TPSA) is 63.1 Å². The molecular weight excluding hydrogens is 334 g/mol. The van der Waals surface area contributed by atoms with Crippen LogP contribution >= 0.6 is 11.3 Å². The highest BCUT2D eigenvalue weighted by molar-refractivity contribution is 7.09. The van der Waals surface area contributed by atoms with Crippen molar-refractivity contribution >= 4 is 17.2 Å². The quantitative estimate of drug-likeness (QED) is 0.910. The fourth-order valence-electron chi connectivity index (χ4n) is 4.13. The van der Waals surface area contributed by atoms with Gasteiger partial charge in [-0.25, -0.2) is 9.97 Å². The Balaban J connectivity index is 1.56. The van der Waals surface area contributed by atoms with E-state index in [1.54, 1.807) is 11.3 Å². The van der Waals surface area contributed by atoms with Crippen molar-refractivity contribution in [3.63, 3.8) is 0 Å². The summed E-state index contributed by atoms with van der Waals surface area (Å²) >= 11 is 1.64. The Bertz CT molecular complexity index is 782. The zero-order chi connectivity index (χ0) is 17.6. The van der Waals surface area contributed by atoms with Crippen LogP contribution in [0, 0.1) is 12.3 Å². The third kappa shape index (κ3) is 2.79. The van der Waals surface area contributed by atoms with Crippen LogP contribution in [0.2, 0.25) is 0 Å². The molecule has 7 heteroatoms. The van der Waals surface area contributed by atoms with Gasteiger partial charge >= 0.3 is 0 Å². The number of carbonyl (C=O) groups excluding carboxylic acids is 1. The second-order valence-electron chi connectivity index (χ2n) is 7.51. The highest BCUT2D eigenvalue weighted by Crippen LogP contribution is 2.47. The molecule has 0 radical (unpaired) electrons. The third-order valence-electron chi connectivity index (χ3n) is 5.59. The Morgan fingerprint density at radius 1 is 1.48 bits per heavy atom. The van der Waals surface area contributed by atoms with Crippen LogP contribution in [0.4, 0.5) is 0 Å². The van der Waals surface area contributed by atoms with Gasteiger partial charge in [-0.2, -0.15) is 0 Å². The minimum absolute atomic E-state index is 0.155. The van der Waals surface area contributed by atoms with Crippen molar-refractivity contribution in [1.82, 2.24) is 24.8 Å². The van der Waals surface area contributed by atoms with Crippen LogP contribution in [0.5, 0.6) is 0 Å². The van der Waals surface area contributed by atoms with Crippen LogP contribution in [-0.4, -0.2) is 45.0 Å². The van der Waals surface area contributed by atoms with Gasteiger partial charge in [-0.15, -0.1) is 11.3 Å². The van der Waals surface area contributed by atoms with Crippen LogP contribution in [0.3, 0.4) is 0 Å². The van der Waals surface area contributed by atoms with Gasteiger partial charge in [-0.05, 0) is 27.2 Å². The van der Waals surface area contributed by atoms with Crippen molar-refractivity contribution in [2.75, 3.05) is 19.6 Å². The standard InChI is InChI=1S/C18H25N5OS/c1-12(2)23-8-16(20-11-23)15-6-19-10-18(15)4-5-22(17(18)24)7-14-9-25-13(3)21-14/h8-9,11-12,15,19H,4-7,10H2,1-3H3. The molecule has 0 aromatic carbocycles. The molecule has 134 valence electrons. The van der Waals surface area contributed by atoms with E-state index < -0.39 is 0 Å². The number of nitrogens with zero attached hydrogens (tertiary/aromatic N) is 4. The first-order valence-corrected chi connectivity index (χ1v) is 9.82. The van der Waals surface area contributed by atoms with Gasteiger partial charge in [0.1, 0.15) is 0 Å². The second-order valence-corrected chi connectivity index (χ2v) is 8.58. The molecule has 25 heavy (non-hydrogen) atoms. The smallest absolute Gasteiger partial charge is 0.231 e. The molecule has 2 aromatic heterocycles. The molecule has 2 unspecified atom stereocenters. The molecule has 2 atom stereocenters. The molecule has 4 rings (SSSR count). The van der Waals surface area contributed by atoms with Crippen molar-refractivity contribution in [2.45, 2.75) is 45.7 Å². The number of carbonyl (C=O) groups is 1. The molecule has 2 aliphatic rings. The van der Waals surface area contributed by atoms with Crippen LogP contribution < -0.4 is 5.32 Å². The highest BCUT2D eigenvalue weighted by Gasteiger charge is 2.55. The molecule has 6 nitrogen and oxygen atoms in total. The van der Waals surface area contributed by atoms with Gasteiger partial charge in [-0.1, -0.05) is 0 Å². The number of amides is 1.